The number of carbonyl (C=O) groups is 1. The fourth-order valence-corrected chi connectivity index (χ4v) is 1.90. The van der Waals surface area contributed by atoms with Crippen molar-refractivity contribution in [1.29, 1.82) is 0 Å². The van der Waals surface area contributed by atoms with E-state index in [9.17, 15) is 9.18 Å². The summed E-state index contributed by atoms with van der Waals surface area (Å²) in [5, 5.41) is 8.86. The van der Waals surface area contributed by atoms with Crippen molar-refractivity contribution in [2.45, 2.75) is 6.10 Å². The molecule has 1 aliphatic rings. The van der Waals surface area contributed by atoms with Crippen molar-refractivity contribution < 1.29 is 23.8 Å². The van der Waals surface area contributed by atoms with Crippen LogP contribution in [0.15, 0.2) is 24.3 Å². The number of para-hydroxylation sites is 1. The highest BCUT2D eigenvalue weighted by molar-refractivity contribution is 5.72. The molecule has 0 aliphatic carbocycles. The number of rotatable bonds is 5. The van der Waals surface area contributed by atoms with E-state index < -0.39 is 17.9 Å². The lowest BCUT2D eigenvalue weighted by Crippen LogP contribution is -2.47. The Balaban J connectivity index is 1.77. The van der Waals surface area contributed by atoms with Crippen LogP contribution >= 0.6 is 0 Å². The zero-order valence-corrected chi connectivity index (χ0v) is 10.4. The molecule has 6 heteroatoms. The van der Waals surface area contributed by atoms with E-state index in [2.05, 4.69) is 0 Å². The minimum atomic E-state index is -0.959. The van der Waals surface area contributed by atoms with Gasteiger partial charge in [-0.2, -0.15) is 0 Å². The highest BCUT2D eigenvalue weighted by atomic mass is 19.1. The quantitative estimate of drug-likeness (QED) is 0.864. The fraction of sp³-hybridized carbons (Fsp3) is 0.462. The van der Waals surface area contributed by atoms with E-state index in [-0.39, 0.29) is 5.75 Å². The Morgan fingerprint density at radius 2 is 2.32 bits per heavy atom. The van der Waals surface area contributed by atoms with E-state index in [1.54, 1.807) is 18.2 Å². The summed E-state index contributed by atoms with van der Waals surface area (Å²) >= 11 is 0. The van der Waals surface area contributed by atoms with Gasteiger partial charge in [0.1, 0.15) is 6.61 Å². The Morgan fingerprint density at radius 3 is 3.05 bits per heavy atom. The molecule has 104 valence electrons. The van der Waals surface area contributed by atoms with Gasteiger partial charge in [0.15, 0.2) is 17.7 Å². The van der Waals surface area contributed by atoms with Gasteiger partial charge in [0.05, 0.1) is 6.61 Å². The number of hydrogen-bond acceptors (Lipinski definition) is 4. The van der Waals surface area contributed by atoms with Gasteiger partial charge in [-0.3, -0.25) is 4.90 Å². The molecule has 0 bridgehead atoms. The van der Waals surface area contributed by atoms with Crippen LogP contribution in [-0.4, -0.2) is 54.9 Å². The van der Waals surface area contributed by atoms with Crippen LogP contribution in [0.5, 0.6) is 5.75 Å². The Hall–Kier alpha value is -1.66. The zero-order valence-electron chi connectivity index (χ0n) is 10.4. The molecule has 2 rings (SSSR count). The molecular weight excluding hydrogens is 253 g/mol. The van der Waals surface area contributed by atoms with Crippen molar-refractivity contribution in [3.8, 4) is 5.75 Å². The summed E-state index contributed by atoms with van der Waals surface area (Å²) in [6, 6.07) is 6.20. The third kappa shape index (κ3) is 3.90. The third-order valence-electron chi connectivity index (χ3n) is 2.93. The summed E-state index contributed by atoms with van der Waals surface area (Å²) in [6.07, 6.45) is -0.790. The van der Waals surface area contributed by atoms with Crippen molar-refractivity contribution in [2.75, 3.05) is 32.8 Å². The number of nitrogens with zero attached hydrogens (tertiary/aromatic N) is 1. The summed E-state index contributed by atoms with van der Waals surface area (Å²) in [5.74, 6) is -1.14. The summed E-state index contributed by atoms with van der Waals surface area (Å²) in [6.45, 7) is 2.23. The van der Waals surface area contributed by atoms with Gasteiger partial charge < -0.3 is 14.6 Å². The number of aliphatic carboxylic acids is 1. The first kappa shape index (κ1) is 13.8. The molecule has 1 fully saturated rings. The molecule has 1 aromatic carbocycles. The van der Waals surface area contributed by atoms with Gasteiger partial charge in [-0.05, 0) is 12.1 Å². The maximum atomic E-state index is 13.3. The third-order valence-corrected chi connectivity index (χ3v) is 2.93. The minimum absolute atomic E-state index is 0.213. The molecule has 1 aromatic rings. The molecule has 1 unspecified atom stereocenters. The van der Waals surface area contributed by atoms with Gasteiger partial charge >= 0.3 is 5.97 Å². The second-order valence-corrected chi connectivity index (χ2v) is 4.28. The number of benzene rings is 1. The van der Waals surface area contributed by atoms with Crippen LogP contribution in [-0.2, 0) is 9.53 Å². The van der Waals surface area contributed by atoms with Crippen LogP contribution in [0.2, 0.25) is 0 Å². The van der Waals surface area contributed by atoms with Crippen molar-refractivity contribution >= 4 is 5.97 Å². The molecule has 1 aliphatic heterocycles. The Bertz CT molecular complexity index is 440. The maximum Gasteiger partial charge on any atom is 0.334 e. The number of hydrogen-bond donors (Lipinski definition) is 1. The van der Waals surface area contributed by atoms with E-state index in [1.165, 1.54) is 6.07 Å². The first-order chi connectivity index (χ1) is 9.16. The van der Waals surface area contributed by atoms with Gasteiger partial charge in [-0.25, -0.2) is 9.18 Å². The van der Waals surface area contributed by atoms with Gasteiger partial charge in [0.2, 0.25) is 0 Å². The number of ether oxygens (including phenoxy) is 2. The predicted molar refractivity (Wildman–Crippen MR) is 65.7 cm³/mol. The molecule has 0 saturated carbocycles. The van der Waals surface area contributed by atoms with E-state index in [0.29, 0.717) is 32.8 Å². The molecule has 1 N–H and O–H groups in total. The van der Waals surface area contributed by atoms with Crippen molar-refractivity contribution in [3.63, 3.8) is 0 Å². The highest BCUT2D eigenvalue weighted by Crippen LogP contribution is 2.15. The first-order valence-corrected chi connectivity index (χ1v) is 6.11. The first-order valence-electron chi connectivity index (χ1n) is 6.11. The standard InChI is InChI=1S/C13H16FNO4/c14-10-3-1-2-4-11(10)18-7-5-15-6-8-19-12(9-15)13(16)17/h1-4,12H,5-9H2,(H,16,17). The zero-order chi connectivity index (χ0) is 13.7. The Kier molecular flexibility index (Phi) is 4.70. The van der Waals surface area contributed by atoms with Crippen molar-refractivity contribution in [3.05, 3.63) is 30.1 Å². The summed E-state index contributed by atoms with van der Waals surface area (Å²) < 4.78 is 23.7. The average Bonchev–Trinajstić information content (AvgIpc) is 2.41. The molecule has 1 heterocycles. The molecule has 0 radical (unpaired) electrons. The SMILES string of the molecule is O=C(O)C1CN(CCOc2ccccc2F)CCO1. The van der Waals surface area contributed by atoms with Gasteiger partial charge in [0, 0.05) is 19.6 Å². The highest BCUT2D eigenvalue weighted by Gasteiger charge is 2.25. The minimum Gasteiger partial charge on any atom is -0.489 e. The lowest BCUT2D eigenvalue weighted by atomic mass is 10.3. The van der Waals surface area contributed by atoms with Gasteiger partial charge in [0.25, 0.3) is 0 Å². The topological polar surface area (TPSA) is 59.0 Å². The van der Waals surface area contributed by atoms with Crippen molar-refractivity contribution in [1.82, 2.24) is 4.90 Å². The molecular formula is C13H16FNO4. The van der Waals surface area contributed by atoms with E-state index in [0.717, 1.165) is 0 Å². The second kappa shape index (κ2) is 6.49. The number of halogens is 1. The fourth-order valence-electron chi connectivity index (χ4n) is 1.90. The monoisotopic (exact) mass is 269 g/mol. The molecule has 19 heavy (non-hydrogen) atoms. The van der Waals surface area contributed by atoms with Crippen LogP contribution < -0.4 is 4.74 Å². The maximum absolute atomic E-state index is 13.3. The number of carboxylic acids is 1. The average molecular weight is 269 g/mol. The lowest BCUT2D eigenvalue weighted by Gasteiger charge is -2.30. The summed E-state index contributed by atoms with van der Waals surface area (Å²) in [5.41, 5.74) is 0. The molecule has 0 aromatic heterocycles. The number of carboxylic acid groups (broad SMARTS) is 1. The van der Waals surface area contributed by atoms with Gasteiger partial charge in [-0.15, -0.1) is 0 Å². The smallest absolute Gasteiger partial charge is 0.334 e. The molecule has 1 saturated heterocycles. The molecule has 0 amide bonds. The Labute approximate surface area is 110 Å². The molecule has 0 spiro atoms. The lowest BCUT2D eigenvalue weighted by molar-refractivity contribution is -0.156. The number of morpholine rings is 1. The largest absolute Gasteiger partial charge is 0.489 e. The molecule has 5 nitrogen and oxygen atoms in total. The Morgan fingerprint density at radius 1 is 1.53 bits per heavy atom. The van der Waals surface area contributed by atoms with Crippen LogP contribution in [0.1, 0.15) is 0 Å². The van der Waals surface area contributed by atoms with E-state index in [1.807, 2.05) is 4.90 Å². The van der Waals surface area contributed by atoms with Gasteiger partial charge in [-0.1, -0.05) is 12.1 Å². The van der Waals surface area contributed by atoms with E-state index >= 15 is 0 Å². The van der Waals surface area contributed by atoms with Crippen LogP contribution in [0.25, 0.3) is 0 Å². The summed E-state index contributed by atoms with van der Waals surface area (Å²) in [7, 11) is 0. The van der Waals surface area contributed by atoms with Crippen LogP contribution in [0, 0.1) is 5.82 Å². The second-order valence-electron chi connectivity index (χ2n) is 4.28. The summed E-state index contributed by atoms with van der Waals surface area (Å²) in [4.78, 5) is 12.7. The van der Waals surface area contributed by atoms with Crippen LogP contribution in [0.4, 0.5) is 4.39 Å². The van der Waals surface area contributed by atoms with E-state index in [4.69, 9.17) is 14.6 Å². The molecule has 1 atom stereocenters. The predicted octanol–water partition coefficient (Wildman–Crippen LogP) is 0.990. The normalized spacial score (nSPS) is 20.2. The van der Waals surface area contributed by atoms with Crippen LogP contribution in [0.3, 0.4) is 0 Å². The van der Waals surface area contributed by atoms with Crippen molar-refractivity contribution in [2.24, 2.45) is 0 Å².